The van der Waals surface area contributed by atoms with Crippen molar-refractivity contribution in [1.29, 1.82) is 0 Å². The molecule has 3 aromatic carbocycles. The zero-order valence-corrected chi connectivity index (χ0v) is 32.9. The third-order valence-electron chi connectivity index (χ3n) is 13.1. The molecule has 2 saturated carbocycles. The number of para-hydroxylation sites is 2. The van der Waals surface area contributed by atoms with Gasteiger partial charge in [-0.05, 0) is 111 Å². The van der Waals surface area contributed by atoms with Gasteiger partial charge in [-0.15, -0.1) is 0 Å². The van der Waals surface area contributed by atoms with E-state index in [-0.39, 0.29) is 10.8 Å². The zero-order valence-electron chi connectivity index (χ0n) is 32.1. The molecular formula is C46H56N4O4S. The second-order valence-electron chi connectivity index (χ2n) is 16.3. The molecule has 1 N–H and O–H groups in total. The SMILES string of the molecule is O=C(CCc1c[nH]c2ccccc12)N1CCCC2CCCCC21.O=C(CCc1cn(S(=O)(=O)c2ccccc2)c2ccccc12)N1CCCC2CCCCC21. The predicted octanol–water partition coefficient (Wildman–Crippen LogP) is 9.27. The highest BCUT2D eigenvalue weighted by Gasteiger charge is 2.36. The van der Waals surface area contributed by atoms with Gasteiger partial charge in [0, 0.05) is 66.7 Å². The fourth-order valence-corrected chi connectivity index (χ4v) is 11.7. The van der Waals surface area contributed by atoms with Crippen molar-refractivity contribution < 1.29 is 18.0 Å². The summed E-state index contributed by atoms with van der Waals surface area (Å²) in [5, 5.41) is 2.16. The number of nitrogens with one attached hydrogen (secondary N) is 1. The molecule has 2 aliphatic heterocycles. The lowest BCUT2D eigenvalue weighted by Crippen LogP contribution is -2.49. The minimum absolute atomic E-state index is 0.212. The number of aryl methyl sites for hydroxylation is 2. The van der Waals surface area contributed by atoms with Crippen LogP contribution in [0, 0.1) is 11.8 Å². The van der Waals surface area contributed by atoms with Crippen LogP contribution in [0.25, 0.3) is 21.8 Å². The summed E-state index contributed by atoms with van der Waals surface area (Å²) in [6, 6.07) is 25.3. The van der Waals surface area contributed by atoms with E-state index >= 15 is 0 Å². The van der Waals surface area contributed by atoms with Crippen molar-refractivity contribution in [3.63, 3.8) is 0 Å². The predicted molar refractivity (Wildman–Crippen MR) is 219 cm³/mol. The number of H-pyrrole nitrogens is 1. The van der Waals surface area contributed by atoms with E-state index < -0.39 is 10.0 Å². The molecule has 55 heavy (non-hydrogen) atoms. The monoisotopic (exact) mass is 760 g/mol. The van der Waals surface area contributed by atoms with Gasteiger partial charge in [-0.1, -0.05) is 80.3 Å². The number of rotatable bonds is 8. The lowest BCUT2D eigenvalue weighted by atomic mass is 9.78. The number of aromatic amines is 1. The summed E-state index contributed by atoms with van der Waals surface area (Å²) in [7, 11) is -3.70. The van der Waals surface area contributed by atoms with Crippen molar-refractivity contribution in [3.05, 3.63) is 102 Å². The van der Waals surface area contributed by atoms with Crippen molar-refractivity contribution in [2.75, 3.05) is 13.1 Å². The summed E-state index contributed by atoms with van der Waals surface area (Å²) in [4.78, 5) is 33.9. The van der Waals surface area contributed by atoms with Crippen LogP contribution in [0.15, 0.2) is 96.2 Å². The average Bonchev–Trinajstić information content (AvgIpc) is 3.84. The first-order valence-corrected chi connectivity index (χ1v) is 22.4. The van der Waals surface area contributed by atoms with Gasteiger partial charge in [0.1, 0.15) is 0 Å². The van der Waals surface area contributed by atoms with Crippen LogP contribution in [0.3, 0.4) is 0 Å². The Kier molecular flexibility index (Phi) is 11.5. The summed E-state index contributed by atoms with van der Waals surface area (Å²) in [5.41, 5.74) is 4.00. The van der Waals surface area contributed by atoms with Gasteiger partial charge >= 0.3 is 0 Å². The van der Waals surface area contributed by atoms with E-state index in [1.165, 1.54) is 84.6 Å². The van der Waals surface area contributed by atoms with Crippen LogP contribution in [0.5, 0.6) is 0 Å². The van der Waals surface area contributed by atoms with Gasteiger partial charge in [-0.25, -0.2) is 12.4 Å². The van der Waals surface area contributed by atoms with Gasteiger partial charge in [-0.2, -0.15) is 0 Å². The molecule has 9 rings (SSSR count). The molecule has 8 nitrogen and oxygen atoms in total. The summed E-state index contributed by atoms with van der Waals surface area (Å²) in [5.74, 6) is 2.02. The van der Waals surface area contributed by atoms with Gasteiger partial charge in [0.2, 0.25) is 11.8 Å². The van der Waals surface area contributed by atoms with Crippen LogP contribution in [0.4, 0.5) is 0 Å². The number of hydrogen-bond donors (Lipinski definition) is 1. The first-order valence-electron chi connectivity index (χ1n) is 20.9. The number of amides is 2. The molecule has 4 aliphatic rings. The number of benzene rings is 3. The number of carbonyl (C=O) groups excluding carboxylic acids is 2. The van der Waals surface area contributed by atoms with E-state index in [0.29, 0.717) is 48.7 Å². The number of fused-ring (bicyclic) bond motifs is 4. The molecule has 2 aliphatic carbocycles. The minimum atomic E-state index is -3.70. The molecule has 4 unspecified atom stereocenters. The highest BCUT2D eigenvalue weighted by Crippen LogP contribution is 2.37. The first kappa shape index (κ1) is 37.5. The molecule has 2 amide bonds. The lowest BCUT2D eigenvalue weighted by Gasteiger charge is -2.44. The third kappa shape index (κ3) is 8.00. The van der Waals surface area contributed by atoms with Crippen LogP contribution in [-0.4, -0.2) is 64.2 Å². The van der Waals surface area contributed by atoms with Crippen LogP contribution >= 0.6 is 0 Å². The molecule has 290 valence electrons. The fourth-order valence-electron chi connectivity index (χ4n) is 10.3. The largest absolute Gasteiger partial charge is 0.361 e. The van der Waals surface area contributed by atoms with Crippen LogP contribution in [0.1, 0.15) is 101 Å². The van der Waals surface area contributed by atoms with E-state index in [1.807, 2.05) is 30.3 Å². The smallest absolute Gasteiger partial charge is 0.268 e. The Hall–Kier alpha value is -4.37. The van der Waals surface area contributed by atoms with E-state index in [4.69, 9.17) is 0 Å². The van der Waals surface area contributed by atoms with Crippen molar-refractivity contribution in [3.8, 4) is 0 Å². The van der Waals surface area contributed by atoms with Crippen LogP contribution < -0.4 is 0 Å². The molecule has 5 aromatic rings. The Morgan fingerprint density at radius 2 is 1.13 bits per heavy atom. The molecule has 0 bridgehead atoms. The van der Waals surface area contributed by atoms with Gasteiger partial charge in [0.15, 0.2) is 0 Å². The molecule has 9 heteroatoms. The van der Waals surface area contributed by atoms with Crippen molar-refractivity contribution in [1.82, 2.24) is 18.8 Å². The Labute approximate surface area is 326 Å². The van der Waals surface area contributed by atoms with Gasteiger partial charge in [0.05, 0.1) is 10.4 Å². The quantitative estimate of drug-likeness (QED) is 0.171. The zero-order chi connectivity index (χ0) is 37.8. The molecule has 4 heterocycles. The van der Waals surface area contributed by atoms with E-state index in [9.17, 15) is 18.0 Å². The number of aromatic nitrogens is 2. The first-order chi connectivity index (χ1) is 26.9. The summed E-state index contributed by atoms with van der Waals surface area (Å²) in [6.07, 6.45) is 21.2. The maximum absolute atomic E-state index is 13.3. The van der Waals surface area contributed by atoms with Crippen molar-refractivity contribution >= 4 is 43.6 Å². The van der Waals surface area contributed by atoms with E-state index in [0.717, 1.165) is 49.2 Å². The molecular weight excluding hydrogens is 705 g/mol. The Bertz CT molecular complexity index is 2200. The highest BCUT2D eigenvalue weighted by molar-refractivity contribution is 7.90. The molecule has 0 radical (unpaired) electrons. The Balaban J connectivity index is 0.000000164. The maximum Gasteiger partial charge on any atom is 0.268 e. The minimum Gasteiger partial charge on any atom is -0.361 e. The number of carbonyl (C=O) groups is 2. The van der Waals surface area contributed by atoms with Crippen molar-refractivity contribution in [2.24, 2.45) is 11.8 Å². The van der Waals surface area contributed by atoms with Crippen LogP contribution in [0.2, 0.25) is 0 Å². The molecule has 2 saturated heterocycles. The van der Waals surface area contributed by atoms with Crippen LogP contribution in [-0.2, 0) is 32.5 Å². The van der Waals surface area contributed by atoms with Gasteiger partial charge < -0.3 is 14.8 Å². The van der Waals surface area contributed by atoms with E-state index in [2.05, 4.69) is 39.2 Å². The Morgan fingerprint density at radius 3 is 1.78 bits per heavy atom. The Morgan fingerprint density at radius 1 is 0.600 bits per heavy atom. The number of hydrogen-bond acceptors (Lipinski definition) is 4. The topological polar surface area (TPSA) is 95.5 Å². The molecule has 0 spiro atoms. The standard InChI is InChI=1S/C26H30N2O3S.C20H26N2O/c29-26(27-18-8-10-20-9-4-6-14-24(20)27)17-16-21-19-28(25-15-7-5-13-23(21)25)32(30,31)22-11-2-1-3-12-22;23-20(22-13-5-7-15-6-1-4-10-19(15)22)12-11-16-14-21-18-9-3-2-8-17(16)18/h1-3,5,7,11-13,15,19-20,24H,4,6,8-10,14,16-18H2;2-3,8-9,14-15,19,21H,1,4-7,10-13H2. The lowest BCUT2D eigenvalue weighted by molar-refractivity contribution is -0.138. The van der Waals surface area contributed by atoms with E-state index in [1.54, 1.807) is 36.5 Å². The molecule has 2 aromatic heterocycles. The van der Waals surface area contributed by atoms with Gasteiger partial charge in [-0.3, -0.25) is 9.59 Å². The summed E-state index contributed by atoms with van der Waals surface area (Å²) in [6.45, 7) is 1.85. The summed E-state index contributed by atoms with van der Waals surface area (Å²) >= 11 is 0. The summed E-state index contributed by atoms with van der Waals surface area (Å²) < 4.78 is 28.0. The second kappa shape index (κ2) is 16.8. The third-order valence-corrected chi connectivity index (χ3v) is 14.8. The van der Waals surface area contributed by atoms with Gasteiger partial charge in [0.25, 0.3) is 10.0 Å². The fraction of sp³-hybridized carbons (Fsp3) is 0.478. The maximum atomic E-state index is 13.3. The molecule has 4 fully saturated rings. The highest BCUT2D eigenvalue weighted by atomic mass is 32.2. The van der Waals surface area contributed by atoms with Crippen molar-refractivity contribution in [2.45, 2.75) is 120 Å². The number of likely N-dealkylation sites (tertiary alicyclic amines) is 2. The second-order valence-corrected chi connectivity index (χ2v) is 18.1. The molecule has 4 atom stereocenters. The normalized spacial score (nSPS) is 22.8. The average molecular weight is 761 g/mol. The number of nitrogens with zero attached hydrogens (tertiary/aromatic N) is 3. The number of piperidine rings is 2.